The number of nitrogens with zero attached hydrogens (tertiary/aromatic N) is 2. The maximum Gasteiger partial charge on any atom is 0.349 e. The number of nitrogens with one attached hydrogen (secondary N) is 1. The van der Waals surface area contributed by atoms with Gasteiger partial charge < -0.3 is 19.4 Å². The number of hydrogen-bond acceptors (Lipinski definition) is 5. The Hall–Kier alpha value is -3.24. The second-order valence-corrected chi connectivity index (χ2v) is 7.48. The summed E-state index contributed by atoms with van der Waals surface area (Å²) in [5, 5.41) is 12.5. The van der Waals surface area contributed by atoms with Crippen molar-refractivity contribution in [2.24, 2.45) is 0 Å². The van der Waals surface area contributed by atoms with Crippen molar-refractivity contribution in [3.05, 3.63) is 51.3 Å². The maximum absolute atomic E-state index is 12.3. The van der Waals surface area contributed by atoms with Gasteiger partial charge in [-0.1, -0.05) is 18.5 Å². The number of anilines is 1. The van der Waals surface area contributed by atoms with Gasteiger partial charge >= 0.3 is 5.97 Å². The Bertz CT molecular complexity index is 1060. The van der Waals surface area contributed by atoms with Gasteiger partial charge in [0, 0.05) is 29.0 Å². The first kappa shape index (κ1) is 24.0. The third-order valence-electron chi connectivity index (χ3n) is 4.79. The van der Waals surface area contributed by atoms with Gasteiger partial charge in [-0.15, -0.1) is 0 Å². The van der Waals surface area contributed by atoms with E-state index >= 15 is 0 Å². The van der Waals surface area contributed by atoms with E-state index < -0.39 is 18.5 Å². The molecule has 0 bridgehead atoms. The van der Waals surface area contributed by atoms with E-state index in [1.807, 2.05) is 26.0 Å². The van der Waals surface area contributed by atoms with Crippen LogP contribution in [0.1, 0.15) is 35.9 Å². The van der Waals surface area contributed by atoms with Crippen LogP contribution in [0.4, 0.5) is 5.69 Å². The molecular weight excluding hydrogens is 418 g/mol. The summed E-state index contributed by atoms with van der Waals surface area (Å²) in [5.74, 6) is -1.04. The molecule has 0 aliphatic rings. The summed E-state index contributed by atoms with van der Waals surface area (Å²) in [6, 6.07) is 7.02. The van der Waals surface area contributed by atoms with Crippen LogP contribution in [0.5, 0.6) is 5.75 Å². The molecule has 164 valence electrons. The van der Waals surface area contributed by atoms with E-state index in [4.69, 9.17) is 21.1 Å². The molecule has 1 amide bonds. The Labute approximate surface area is 187 Å². The molecule has 1 aromatic heterocycles. The molecule has 1 heterocycles. The quantitative estimate of drug-likeness (QED) is 0.366. The zero-order valence-corrected chi connectivity index (χ0v) is 19.1. The fourth-order valence-electron chi connectivity index (χ4n) is 3.16. The molecule has 0 aliphatic carbocycles. The number of rotatable bonds is 8. The lowest BCUT2D eigenvalue weighted by molar-refractivity contribution is -0.142. The number of amides is 1. The Morgan fingerprint density at radius 3 is 2.58 bits per heavy atom. The molecule has 2 aromatic rings. The van der Waals surface area contributed by atoms with E-state index in [-0.39, 0.29) is 5.57 Å². The minimum Gasteiger partial charge on any atom is -0.495 e. The first-order valence-electron chi connectivity index (χ1n) is 9.81. The van der Waals surface area contributed by atoms with Crippen LogP contribution in [0, 0.1) is 32.1 Å². The van der Waals surface area contributed by atoms with Gasteiger partial charge in [-0.2, -0.15) is 5.26 Å². The number of esters is 1. The lowest BCUT2D eigenvalue weighted by Gasteiger charge is -2.12. The van der Waals surface area contributed by atoms with Crippen LogP contribution in [0.25, 0.3) is 6.08 Å². The zero-order valence-electron chi connectivity index (χ0n) is 18.3. The molecule has 0 radical (unpaired) electrons. The largest absolute Gasteiger partial charge is 0.495 e. The van der Waals surface area contributed by atoms with Crippen molar-refractivity contribution in [1.82, 2.24) is 4.57 Å². The van der Waals surface area contributed by atoms with E-state index in [9.17, 15) is 14.9 Å². The number of carbonyl (C=O) groups is 2. The highest BCUT2D eigenvalue weighted by molar-refractivity contribution is 6.31. The number of ether oxygens (including phenoxy) is 2. The van der Waals surface area contributed by atoms with Gasteiger partial charge in [0.1, 0.15) is 17.4 Å². The van der Waals surface area contributed by atoms with Gasteiger partial charge in [0.05, 0.1) is 12.8 Å². The van der Waals surface area contributed by atoms with Crippen molar-refractivity contribution in [3.63, 3.8) is 0 Å². The van der Waals surface area contributed by atoms with Crippen molar-refractivity contribution in [2.45, 2.75) is 40.7 Å². The van der Waals surface area contributed by atoms with Crippen LogP contribution in [0.3, 0.4) is 0 Å². The average Bonchev–Trinajstić information content (AvgIpc) is 3.00. The van der Waals surface area contributed by atoms with E-state index in [0.717, 1.165) is 35.5 Å². The summed E-state index contributed by atoms with van der Waals surface area (Å²) in [4.78, 5) is 24.6. The number of benzene rings is 1. The highest BCUT2D eigenvalue weighted by Gasteiger charge is 2.17. The maximum atomic E-state index is 12.3. The predicted molar refractivity (Wildman–Crippen MR) is 120 cm³/mol. The highest BCUT2D eigenvalue weighted by atomic mass is 35.5. The Balaban J connectivity index is 2.08. The van der Waals surface area contributed by atoms with Crippen molar-refractivity contribution < 1.29 is 19.1 Å². The number of aryl methyl sites for hydroxylation is 2. The third kappa shape index (κ3) is 5.89. The molecule has 1 N–H and O–H groups in total. The van der Waals surface area contributed by atoms with E-state index in [0.29, 0.717) is 16.5 Å². The second-order valence-electron chi connectivity index (χ2n) is 7.07. The molecule has 0 atom stereocenters. The molecule has 1 aromatic carbocycles. The van der Waals surface area contributed by atoms with Gasteiger partial charge in [0.25, 0.3) is 5.91 Å². The molecular formula is C23H26ClN3O4. The van der Waals surface area contributed by atoms with Crippen LogP contribution in [0.15, 0.2) is 23.8 Å². The number of hydrogen-bond donors (Lipinski definition) is 1. The smallest absolute Gasteiger partial charge is 0.349 e. The van der Waals surface area contributed by atoms with Crippen molar-refractivity contribution in [2.75, 3.05) is 19.0 Å². The van der Waals surface area contributed by atoms with E-state index in [1.165, 1.54) is 13.2 Å². The minimum absolute atomic E-state index is 0.176. The van der Waals surface area contributed by atoms with Crippen LogP contribution in [0.2, 0.25) is 5.02 Å². The molecule has 2 rings (SSSR count). The number of aromatic nitrogens is 1. The van der Waals surface area contributed by atoms with Crippen molar-refractivity contribution in [1.29, 1.82) is 5.26 Å². The number of halogens is 1. The van der Waals surface area contributed by atoms with E-state index in [1.54, 1.807) is 19.1 Å². The summed E-state index contributed by atoms with van der Waals surface area (Å²) in [5.41, 5.74) is 3.76. The first-order valence-corrected chi connectivity index (χ1v) is 10.2. The Morgan fingerprint density at radius 2 is 1.97 bits per heavy atom. The normalized spacial score (nSPS) is 11.1. The first-order chi connectivity index (χ1) is 14.7. The number of methoxy groups -OCH3 is 1. The zero-order chi connectivity index (χ0) is 23.1. The number of nitriles is 1. The van der Waals surface area contributed by atoms with E-state index in [2.05, 4.69) is 16.8 Å². The molecule has 8 heteroatoms. The summed E-state index contributed by atoms with van der Waals surface area (Å²) >= 11 is 6.06. The molecule has 0 unspecified atom stereocenters. The molecule has 7 nitrogen and oxygen atoms in total. The van der Waals surface area contributed by atoms with Crippen molar-refractivity contribution >= 4 is 35.2 Å². The predicted octanol–water partition coefficient (Wildman–Crippen LogP) is 4.57. The summed E-state index contributed by atoms with van der Waals surface area (Å²) in [7, 11) is 1.46. The van der Waals surface area contributed by atoms with Gasteiger partial charge in [-0.05, 0) is 56.5 Å². The standard InChI is InChI=1S/C23H26ClN3O4/c1-6-7-27-15(3)9-17(16(27)4)10-18(12-25)23(29)31-13-22(28)26-20-8-14(2)19(24)11-21(20)30-5/h8-11H,6-7,13H2,1-5H3,(H,26,28). The molecule has 0 spiro atoms. The van der Waals surface area contributed by atoms with Gasteiger partial charge in [-0.3, -0.25) is 4.79 Å². The Kier molecular flexibility index (Phi) is 8.29. The van der Waals surface area contributed by atoms with Gasteiger partial charge in [-0.25, -0.2) is 4.79 Å². The summed E-state index contributed by atoms with van der Waals surface area (Å²) in [6.07, 6.45) is 2.46. The van der Waals surface area contributed by atoms with Gasteiger partial charge in [0.15, 0.2) is 6.61 Å². The number of carbonyl (C=O) groups excluding carboxylic acids is 2. The molecule has 31 heavy (non-hydrogen) atoms. The topological polar surface area (TPSA) is 93.4 Å². The molecule has 0 saturated carbocycles. The van der Waals surface area contributed by atoms with Crippen molar-refractivity contribution in [3.8, 4) is 11.8 Å². The monoisotopic (exact) mass is 443 g/mol. The van der Waals surface area contributed by atoms with Crippen LogP contribution in [-0.2, 0) is 20.9 Å². The second kappa shape index (κ2) is 10.7. The fraction of sp³-hybridized carbons (Fsp3) is 0.348. The Morgan fingerprint density at radius 1 is 1.26 bits per heavy atom. The molecule has 0 fully saturated rings. The lowest BCUT2D eigenvalue weighted by atomic mass is 10.1. The van der Waals surface area contributed by atoms with Gasteiger partial charge in [0.2, 0.25) is 0 Å². The summed E-state index contributed by atoms with van der Waals surface area (Å²) < 4.78 is 12.4. The van der Waals surface area contributed by atoms with Crippen LogP contribution in [-0.4, -0.2) is 30.2 Å². The highest BCUT2D eigenvalue weighted by Crippen LogP contribution is 2.30. The molecule has 0 saturated heterocycles. The molecule has 0 aliphatic heterocycles. The van der Waals surface area contributed by atoms with Crippen LogP contribution >= 0.6 is 11.6 Å². The van der Waals surface area contributed by atoms with Crippen LogP contribution < -0.4 is 10.1 Å². The lowest BCUT2D eigenvalue weighted by Crippen LogP contribution is -2.21. The SMILES string of the molecule is CCCn1c(C)cc(C=C(C#N)C(=O)OCC(=O)Nc2cc(C)c(Cl)cc2OC)c1C. The summed E-state index contributed by atoms with van der Waals surface area (Å²) in [6.45, 7) is 8.09. The average molecular weight is 444 g/mol. The fourth-order valence-corrected chi connectivity index (χ4v) is 3.31. The third-order valence-corrected chi connectivity index (χ3v) is 5.20. The minimum atomic E-state index is -0.864.